The standard InChI is InChI=1S/C24H23F3N2O3/c1-23(2)12-17-20(19(30)13-23)21(14-7-6-8-15(11-14)32-3)29(22(31)24(25,26)27)18-10-5-4-9-16(18)28-17/h4-11,21,28H,12-13H2,1-3H3/t21-/m0/s1. The van der Waals surface area contributed by atoms with E-state index in [9.17, 15) is 22.8 Å². The summed E-state index contributed by atoms with van der Waals surface area (Å²) in [6.07, 6.45) is -4.51. The Labute approximate surface area is 183 Å². The maximum Gasteiger partial charge on any atom is 0.471 e. The van der Waals surface area contributed by atoms with E-state index in [1.54, 1.807) is 42.5 Å². The molecule has 0 bridgehead atoms. The molecule has 5 nitrogen and oxygen atoms in total. The molecule has 2 aromatic rings. The monoisotopic (exact) mass is 444 g/mol. The molecule has 0 aromatic heterocycles. The van der Waals surface area contributed by atoms with Crippen molar-refractivity contribution in [2.75, 3.05) is 17.3 Å². The van der Waals surface area contributed by atoms with Gasteiger partial charge in [-0.1, -0.05) is 38.1 Å². The number of para-hydroxylation sites is 2. The maximum absolute atomic E-state index is 13.8. The van der Waals surface area contributed by atoms with Crippen LogP contribution in [0.5, 0.6) is 5.75 Å². The van der Waals surface area contributed by atoms with Gasteiger partial charge < -0.3 is 10.1 Å². The van der Waals surface area contributed by atoms with Crippen LogP contribution >= 0.6 is 0 Å². The number of anilines is 2. The quantitative estimate of drug-likeness (QED) is 0.674. The normalized spacial score (nSPS) is 20.1. The largest absolute Gasteiger partial charge is 0.497 e. The van der Waals surface area contributed by atoms with E-state index in [0.717, 1.165) is 0 Å². The highest BCUT2D eigenvalue weighted by molar-refractivity contribution is 6.07. The Morgan fingerprint density at radius 1 is 1.12 bits per heavy atom. The molecule has 1 atom stereocenters. The van der Waals surface area contributed by atoms with Crippen LogP contribution in [0.25, 0.3) is 0 Å². The highest BCUT2D eigenvalue weighted by atomic mass is 19.4. The van der Waals surface area contributed by atoms with Gasteiger partial charge in [0.25, 0.3) is 0 Å². The molecular formula is C24H23F3N2O3. The fraction of sp³-hybridized carbons (Fsp3) is 0.333. The summed E-state index contributed by atoms with van der Waals surface area (Å²) >= 11 is 0. The molecule has 0 saturated heterocycles. The third kappa shape index (κ3) is 3.85. The number of alkyl halides is 3. The zero-order valence-corrected chi connectivity index (χ0v) is 17.9. The lowest BCUT2D eigenvalue weighted by molar-refractivity contribution is -0.170. The van der Waals surface area contributed by atoms with E-state index in [2.05, 4.69) is 5.32 Å². The summed E-state index contributed by atoms with van der Waals surface area (Å²) in [5.74, 6) is -1.91. The first-order chi connectivity index (χ1) is 15.0. The molecular weight excluding hydrogens is 421 g/mol. The van der Waals surface area contributed by atoms with Crippen LogP contribution in [0.1, 0.15) is 38.3 Å². The third-order valence-electron chi connectivity index (χ3n) is 5.77. The highest BCUT2D eigenvalue weighted by Crippen LogP contribution is 2.49. The van der Waals surface area contributed by atoms with E-state index in [0.29, 0.717) is 34.0 Å². The molecule has 2 aromatic carbocycles. The fourth-order valence-electron chi connectivity index (χ4n) is 4.47. The SMILES string of the molecule is COc1cccc([C@H]2C3=C(CC(C)(C)CC3=O)Nc3ccccc3N2C(=O)C(F)(F)F)c1. The van der Waals surface area contributed by atoms with E-state index in [4.69, 9.17) is 4.74 Å². The minimum Gasteiger partial charge on any atom is -0.497 e. The maximum atomic E-state index is 13.8. The van der Waals surface area contributed by atoms with Gasteiger partial charge >= 0.3 is 12.1 Å². The minimum atomic E-state index is -5.13. The predicted octanol–water partition coefficient (Wildman–Crippen LogP) is 5.40. The van der Waals surface area contributed by atoms with Crippen LogP contribution in [0, 0.1) is 5.41 Å². The Morgan fingerprint density at radius 3 is 2.53 bits per heavy atom. The number of allylic oxidation sites excluding steroid dienone is 1. The lowest BCUT2D eigenvalue weighted by atomic mass is 9.73. The van der Waals surface area contributed by atoms with Crippen LogP contribution < -0.4 is 15.0 Å². The van der Waals surface area contributed by atoms with Crippen molar-refractivity contribution in [1.29, 1.82) is 0 Å². The van der Waals surface area contributed by atoms with Crippen molar-refractivity contribution in [3.63, 3.8) is 0 Å². The molecule has 0 unspecified atom stereocenters. The molecule has 1 amide bonds. The molecule has 1 N–H and O–H groups in total. The number of hydrogen-bond acceptors (Lipinski definition) is 4. The fourth-order valence-corrected chi connectivity index (χ4v) is 4.47. The Morgan fingerprint density at radius 2 is 1.84 bits per heavy atom. The van der Waals surface area contributed by atoms with Crippen molar-refractivity contribution in [3.05, 3.63) is 65.4 Å². The number of nitrogens with one attached hydrogen (secondary N) is 1. The van der Waals surface area contributed by atoms with E-state index < -0.39 is 18.1 Å². The number of ketones is 1. The smallest absolute Gasteiger partial charge is 0.471 e. The second-order valence-corrected chi connectivity index (χ2v) is 8.83. The summed E-state index contributed by atoms with van der Waals surface area (Å²) in [6, 6.07) is 11.5. The average Bonchev–Trinajstić information content (AvgIpc) is 2.85. The van der Waals surface area contributed by atoms with E-state index in [1.807, 2.05) is 13.8 Å². The Hall–Kier alpha value is -3.29. The Kier molecular flexibility index (Phi) is 5.27. The van der Waals surface area contributed by atoms with Gasteiger partial charge in [0.1, 0.15) is 5.75 Å². The summed E-state index contributed by atoms with van der Waals surface area (Å²) in [7, 11) is 1.45. The number of nitrogens with zero attached hydrogens (tertiary/aromatic N) is 1. The minimum absolute atomic E-state index is 0.0580. The summed E-state index contributed by atoms with van der Waals surface area (Å²) in [4.78, 5) is 26.8. The summed E-state index contributed by atoms with van der Waals surface area (Å²) in [5.41, 5.74) is 1.09. The van der Waals surface area contributed by atoms with Crippen LogP contribution in [0.15, 0.2) is 59.8 Å². The molecule has 1 aliphatic heterocycles. The number of fused-ring (bicyclic) bond motifs is 1. The lowest BCUT2D eigenvalue weighted by Gasteiger charge is -2.37. The number of methoxy groups -OCH3 is 1. The number of ether oxygens (including phenoxy) is 1. The van der Waals surface area contributed by atoms with Gasteiger partial charge in [0, 0.05) is 17.7 Å². The van der Waals surface area contributed by atoms with Crippen LogP contribution in [0.2, 0.25) is 0 Å². The van der Waals surface area contributed by atoms with Gasteiger partial charge in [-0.2, -0.15) is 13.2 Å². The predicted molar refractivity (Wildman–Crippen MR) is 114 cm³/mol. The zero-order chi connectivity index (χ0) is 23.3. The molecule has 0 spiro atoms. The van der Waals surface area contributed by atoms with Crippen LogP contribution in [-0.4, -0.2) is 25.0 Å². The molecule has 0 saturated carbocycles. The molecule has 4 rings (SSSR count). The molecule has 1 aliphatic carbocycles. The topological polar surface area (TPSA) is 58.6 Å². The number of Topliss-reactive ketones (excluding diaryl/α,β-unsaturated/α-hetero) is 1. The average molecular weight is 444 g/mol. The first kappa shape index (κ1) is 21.9. The number of amides is 1. The van der Waals surface area contributed by atoms with E-state index in [-0.39, 0.29) is 28.9 Å². The van der Waals surface area contributed by atoms with Gasteiger partial charge in [0.05, 0.1) is 24.5 Å². The molecule has 2 aliphatic rings. The van der Waals surface area contributed by atoms with Crippen molar-refractivity contribution in [3.8, 4) is 5.75 Å². The molecule has 32 heavy (non-hydrogen) atoms. The summed E-state index contributed by atoms with van der Waals surface area (Å²) in [5, 5.41) is 3.18. The Bertz CT molecular complexity index is 1120. The number of rotatable bonds is 2. The van der Waals surface area contributed by atoms with Crippen LogP contribution in [0.4, 0.5) is 24.5 Å². The van der Waals surface area contributed by atoms with Gasteiger partial charge in [0.15, 0.2) is 5.78 Å². The molecule has 168 valence electrons. The van der Waals surface area contributed by atoms with Crippen LogP contribution in [-0.2, 0) is 9.59 Å². The van der Waals surface area contributed by atoms with E-state index >= 15 is 0 Å². The number of hydrogen-bond donors (Lipinski definition) is 1. The van der Waals surface area contributed by atoms with Gasteiger partial charge in [-0.05, 0) is 41.7 Å². The number of carbonyl (C=O) groups is 2. The van der Waals surface area contributed by atoms with Crippen molar-refractivity contribution in [2.45, 2.75) is 38.9 Å². The summed E-state index contributed by atoms with van der Waals surface area (Å²) < 4.78 is 46.7. The van der Waals surface area contributed by atoms with E-state index in [1.165, 1.54) is 13.2 Å². The van der Waals surface area contributed by atoms with Crippen molar-refractivity contribution in [1.82, 2.24) is 0 Å². The number of halogens is 3. The molecule has 1 heterocycles. The van der Waals surface area contributed by atoms with Crippen molar-refractivity contribution >= 4 is 23.1 Å². The zero-order valence-electron chi connectivity index (χ0n) is 17.9. The number of carbonyl (C=O) groups excluding carboxylic acids is 2. The van der Waals surface area contributed by atoms with Gasteiger partial charge in [0.2, 0.25) is 0 Å². The van der Waals surface area contributed by atoms with Crippen molar-refractivity contribution < 1.29 is 27.5 Å². The lowest BCUT2D eigenvalue weighted by Crippen LogP contribution is -2.45. The van der Waals surface area contributed by atoms with Crippen molar-refractivity contribution in [2.24, 2.45) is 5.41 Å². The second-order valence-electron chi connectivity index (χ2n) is 8.83. The molecule has 0 fully saturated rings. The third-order valence-corrected chi connectivity index (χ3v) is 5.77. The molecule has 8 heteroatoms. The highest BCUT2D eigenvalue weighted by Gasteiger charge is 2.50. The molecule has 0 radical (unpaired) electrons. The number of benzene rings is 2. The van der Waals surface area contributed by atoms with Gasteiger partial charge in [-0.25, -0.2) is 0 Å². The summed E-state index contributed by atoms with van der Waals surface area (Å²) in [6.45, 7) is 3.87. The second kappa shape index (κ2) is 7.69. The first-order valence-corrected chi connectivity index (χ1v) is 10.2. The van der Waals surface area contributed by atoms with Crippen LogP contribution in [0.3, 0.4) is 0 Å². The Balaban J connectivity index is 2.04. The van der Waals surface area contributed by atoms with Gasteiger partial charge in [-0.15, -0.1) is 0 Å². The van der Waals surface area contributed by atoms with Gasteiger partial charge in [-0.3, -0.25) is 14.5 Å². The first-order valence-electron chi connectivity index (χ1n) is 10.2.